The van der Waals surface area contributed by atoms with Crippen LogP contribution in [0.4, 0.5) is 0 Å². The fourth-order valence-corrected chi connectivity index (χ4v) is 1.76. The van der Waals surface area contributed by atoms with Crippen molar-refractivity contribution in [3.8, 4) is 0 Å². The van der Waals surface area contributed by atoms with E-state index in [2.05, 4.69) is 0 Å². The smallest absolute Gasteiger partial charge is 0.118 e. The largest absolute Gasteiger partial charge is 0.468 e. The monoisotopic (exact) mass is 248 g/mol. The highest BCUT2D eigenvalue weighted by atomic mass is 35.5. The van der Waals surface area contributed by atoms with Gasteiger partial charge in [0.05, 0.1) is 18.0 Å². The summed E-state index contributed by atoms with van der Waals surface area (Å²) in [5, 5.41) is 2.03. The van der Waals surface area contributed by atoms with Crippen LogP contribution in [0.1, 0.15) is 10.6 Å². The number of rotatable bonds is 2. The first-order chi connectivity index (χ1) is 6.86. The molecule has 0 aliphatic rings. The molecule has 1 nitrogen and oxygen atoms in total. The Bertz CT molecular complexity index is 282. The summed E-state index contributed by atoms with van der Waals surface area (Å²) < 4.78 is 4.85. The van der Waals surface area contributed by atoms with Crippen LogP contribution in [0.3, 0.4) is 0 Å². The number of hydrogen-bond acceptors (Lipinski definition) is 2. The van der Waals surface area contributed by atoms with Crippen molar-refractivity contribution in [1.29, 1.82) is 0 Å². The zero-order chi connectivity index (χ0) is 10.2. The Morgan fingerprint density at radius 2 is 2.00 bits per heavy atom. The van der Waals surface area contributed by atoms with Gasteiger partial charge in [0.25, 0.3) is 0 Å². The Labute approximate surface area is 97.3 Å². The number of furan rings is 1. The quantitative estimate of drug-likeness (QED) is 0.714. The van der Waals surface area contributed by atoms with Gasteiger partial charge in [0.1, 0.15) is 5.76 Å². The molecule has 14 heavy (non-hydrogen) atoms. The maximum absolute atomic E-state index is 5.48. The molecule has 0 atom stereocenters. The molecular weight excluding hydrogens is 239 g/mol. The molecule has 2 heterocycles. The van der Waals surface area contributed by atoms with E-state index in [9.17, 15) is 0 Å². The first kappa shape index (κ1) is 11.6. The van der Waals surface area contributed by atoms with E-state index in [1.807, 2.05) is 29.6 Å². The second-order valence-corrected chi connectivity index (χ2v) is 3.99. The second kappa shape index (κ2) is 6.93. The molecule has 2 aromatic rings. The fourth-order valence-electron chi connectivity index (χ4n) is 0.777. The van der Waals surface area contributed by atoms with Gasteiger partial charge in [0.2, 0.25) is 0 Å². The topological polar surface area (TPSA) is 13.1 Å². The molecule has 0 saturated heterocycles. The van der Waals surface area contributed by atoms with Crippen LogP contribution in [0.15, 0.2) is 40.3 Å². The third kappa shape index (κ3) is 4.18. The van der Waals surface area contributed by atoms with Crippen molar-refractivity contribution < 1.29 is 4.42 Å². The Balaban J connectivity index is 0.000000140. The van der Waals surface area contributed by atoms with Crippen LogP contribution >= 0.6 is 34.5 Å². The summed E-state index contributed by atoms with van der Waals surface area (Å²) in [4.78, 5) is 1.24. The van der Waals surface area contributed by atoms with Crippen molar-refractivity contribution in [3.63, 3.8) is 0 Å². The van der Waals surface area contributed by atoms with Gasteiger partial charge in [-0.3, -0.25) is 0 Å². The minimum Gasteiger partial charge on any atom is -0.468 e. The first-order valence-corrected chi connectivity index (χ1v) is 5.98. The van der Waals surface area contributed by atoms with E-state index in [-0.39, 0.29) is 0 Å². The van der Waals surface area contributed by atoms with Crippen molar-refractivity contribution in [2.24, 2.45) is 0 Å². The minimum absolute atomic E-state index is 0.465. The molecule has 0 radical (unpaired) electrons. The molecule has 0 amide bonds. The second-order valence-electron chi connectivity index (χ2n) is 2.43. The highest BCUT2D eigenvalue weighted by molar-refractivity contribution is 7.10. The van der Waals surface area contributed by atoms with E-state index < -0.39 is 0 Å². The van der Waals surface area contributed by atoms with Gasteiger partial charge < -0.3 is 4.42 Å². The predicted octanol–water partition coefficient (Wildman–Crippen LogP) is 4.51. The zero-order valence-corrected chi connectivity index (χ0v) is 9.78. The third-order valence-electron chi connectivity index (χ3n) is 1.42. The lowest BCUT2D eigenvalue weighted by molar-refractivity contribution is 0.529. The standard InChI is InChI=1S/C5H5ClO.C5H5ClS/c2*6-4-5-2-1-3-7-5/h2*1-3H,4H2. The number of halogens is 2. The van der Waals surface area contributed by atoms with Crippen LogP contribution in [0.2, 0.25) is 0 Å². The van der Waals surface area contributed by atoms with Crippen molar-refractivity contribution >= 4 is 34.5 Å². The van der Waals surface area contributed by atoms with Gasteiger partial charge in [-0.2, -0.15) is 0 Å². The Hall–Kier alpha value is -0.440. The number of alkyl halides is 2. The van der Waals surface area contributed by atoms with E-state index in [0.29, 0.717) is 11.8 Å². The van der Waals surface area contributed by atoms with E-state index in [4.69, 9.17) is 27.6 Å². The van der Waals surface area contributed by atoms with Crippen LogP contribution in [-0.4, -0.2) is 0 Å². The van der Waals surface area contributed by atoms with Gasteiger partial charge in [-0.15, -0.1) is 34.5 Å². The molecule has 0 fully saturated rings. The lowest BCUT2D eigenvalue weighted by Crippen LogP contribution is -1.62. The van der Waals surface area contributed by atoms with Crippen molar-refractivity contribution in [1.82, 2.24) is 0 Å². The molecule has 0 unspecified atom stereocenters. The van der Waals surface area contributed by atoms with Gasteiger partial charge in [0.15, 0.2) is 0 Å². The van der Waals surface area contributed by atoms with E-state index in [0.717, 1.165) is 5.76 Å². The minimum atomic E-state index is 0.465. The zero-order valence-electron chi connectivity index (χ0n) is 7.45. The SMILES string of the molecule is ClCc1ccco1.ClCc1cccs1. The highest BCUT2D eigenvalue weighted by Gasteiger charge is 1.86. The van der Waals surface area contributed by atoms with Crippen molar-refractivity contribution in [2.75, 3.05) is 0 Å². The van der Waals surface area contributed by atoms with E-state index in [1.165, 1.54) is 4.88 Å². The fraction of sp³-hybridized carbons (Fsp3) is 0.200. The van der Waals surface area contributed by atoms with Crippen LogP contribution < -0.4 is 0 Å². The van der Waals surface area contributed by atoms with Gasteiger partial charge in [0, 0.05) is 4.88 Å². The number of thiophene rings is 1. The van der Waals surface area contributed by atoms with Gasteiger partial charge in [-0.05, 0) is 23.6 Å². The summed E-state index contributed by atoms with van der Waals surface area (Å²) in [6, 6.07) is 7.69. The number of hydrogen-bond donors (Lipinski definition) is 0. The lowest BCUT2D eigenvalue weighted by Gasteiger charge is -1.77. The molecule has 2 rings (SSSR count). The van der Waals surface area contributed by atoms with Crippen molar-refractivity contribution in [3.05, 3.63) is 46.5 Å². The van der Waals surface area contributed by atoms with Gasteiger partial charge in [-0.1, -0.05) is 6.07 Å². The molecular formula is C10H10Cl2OS. The molecule has 0 saturated carbocycles. The van der Waals surface area contributed by atoms with Crippen LogP contribution in [0.5, 0.6) is 0 Å². The normalized spacial score (nSPS) is 9.29. The summed E-state index contributed by atoms with van der Waals surface area (Å²) in [5.74, 6) is 1.94. The Morgan fingerprint density at radius 1 is 1.14 bits per heavy atom. The maximum atomic E-state index is 5.48. The summed E-state index contributed by atoms with van der Waals surface area (Å²) in [5.41, 5.74) is 0. The molecule has 2 aromatic heterocycles. The first-order valence-electron chi connectivity index (χ1n) is 4.03. The van der Waals surface area contributed by atoms with Gasteiger partial charge in [-0.25, -0.2) is 0 Å². The summed E-state index contributed by atoms with van der Waals surface area (Å²) in [6.07, 6.45) is 1.61. The van der Waals surface area contributed by atoms with E-state index in [1.54, 1.807) is 17.6 Å². The summed E-state index contributed by atoms with van der Waals surface area (Å²) >= 11 is 12.5. The average Bonchev–Trinajstić information content (AvgIpc) is 2.92. The third-order valence-corrected chi connectivity index (χ3v) is 3.01. The van der Waals surface area contributed by atoms with E-state index >= 15 is 0 Å². The van der Waals surface area contributed by atoms with Crippen molar-refractivity contribution in [2.45, 2.75) is 11.8 Å². The molecule has 76 valence electrons. The Morgan fingerprint density at radius 3 is 2.29 bits per heavy atom. The molecule has 0 spiro atoms. The van der Waals surface area contributed by atoms with Gasteiger partial charge >= 0.3 is 0 Å². The van der Waals surface area contributed by atoms with Crippen LogP contribution in [0, 0.1) is 0 Å². The molecule has 0 aromatic carbocycles. The lowest BCUT2D eigenvalue weighted by atomic mass is 10.5. The van der Waals surface area contributed by atoms with Crippen LogP contribution in [0.25, 0.3) is 0 Å². The molecule has 0 N–H and O–H groups in total. The molecule has 0 bridgehead atoms. The highest BCUT2D eigenvalue weighted by Crippen LogP contribution is 2.09. The molecule has 4 heteroatoms. The predicted molar refractivity (Wildman–Crippen MR) is 62.1 cm³/mol. The summed E-state index contributed by atoms with van der Waals surface area (Å²) in [7, 11) is 0. The molecule has 0 aliphatic heterocycles. The molecule has 0 aliphatic carbocycles. The Kier molecular flexibility index (Phi) is 5.76. The van der Waals surface area contributed by atoms with Crippen LogP contribution in [-0.2, 0) is 11.8 Å². The maximum Gasteiger partial charge on any atom is 0.118 e. The average molecular weight is 249 g/mol. The summed E-state index contributed by atoms with van der Waals surface area (Å²) in [6.45, 7) is 0.